The average Bonchev–Trinajstić information content (AvgIpc) is 2.79. The fourth-order valence-electron chi connectivity index (χ4n) is 1.98. The number of ether oxygens (including phenoxy) is 1. The predicted molar refractivity (Wildman–Crippen MR) is 69.4 cm³/mol. The number of nitrogens with zero attached hydrogens (tertiary/aromatic N) is 3. The van der Waals surface area contributed by atoms with Crippen LogP contribution >= 0.6 is 0 Å². The van der Waals surface area contributed by atoms with Crippen LogP contribution in [0.4, 0.5) is 0 Å². The summed E-state index contributed by atoms with van der Waals surface area (Å²) < 4.78 is 6.96. The highest BCUT2D eigenvalue weighted by molar-refractivity contribution is 5.34. The smallest absolute Gasteiger partial charge is 0.137 e. The maximum atomic E-state index is 6.28. The third kappa shape index (κ3) is 2.36. The Morgan fingerprint density at radius 1 is 1.44 bits per heavy atom. The molecule has 0 aromatic carbocycles. The Morgan fingerprint density at radius 3 is 2.89 bits per heavy atom. The molecule has 0 bridgehead atoms. The molecule has 0 saturated carbocycles. The van der Waals surface area contributed by atoms with Crippen molar-refractivity contribution in [3.8, 4) is 5.75 Å². The summed E-state index contributed by atoms with van der Waals surface area (Å²) in [6, 6.07) is 1.68. The maximum Gasteiger partial charge on any atom is 0.137 e. The molecule has 2 aromatic heterocycles. The number of rotatable bonds is 4. The van der Waals surface area contributed by atoms with Crippen LogP contribution in [0, 0.1) is 0 Å². The summed E-state index contributed by atoms with van der Waals surface area (Å²) in [5.41, 5.74) is 9.27. The monoisotopic (exact) mass is 246 g/mol. The Morgan fingerprint density at radius 2 is 2.22 bits per heavy atom. The van der Waals surface area contributed by atoms with Gasteiger partial charge in [-0.3, -0.25) is 9.67 Å². The van der Waals surface area contributed by atoms with Crippen molar-refractivity contribution in [3.05, 3.63) is 41.5 Å². The van der Waals surface area contributed by atoms with Crippen molar-refractivity contribution in [1.29, 1.82) is 0 Å². The van der Waals surface area contributed by atoms with Crippen molar-refractivity contribution in [2.24, 2.45) is 12.8 Å². The number of pyridine rings is 1. The third-order valence-corrected chi connectivity index (χ3v) is 2.94. The van der Waals surface area contributed by atoms with Gasteiger partial charge < -0.3 is 10.5 Å². The maximum absolute atomic E-state index is 6.28. The quantitative estimate of drug-likeness (QED) is 0.886. The normalized spacial score (nSPS) is 12.4. The highest BCUT2D eigenvalue weighted by Crippen LogP contribution is 2.24. The first-order chi connectivity index (χ1) is 8.65. The lowest BCUT2D eigenvalue weighted by Gasteiger charge is -2.12. The second-order valence-corrected chi connectivity index (χ2v) is 4.19. The van der Waals surface area contributed by atoms with E-state index in [4.69, 9.17) is 10.5 Å². The SMILES string of the molecule is CCc1nn(C)cc1C(N)c1cncc(OC)c1. The zero-order valence-corrected chi connectivity index (χ0v) is 10.9. The van der Waals surface area contributed by atoms with Crippen LogP contribution in [-0.4, -0.2) is 21.9 Å². The summed E-state index contributed by atoms with van der Waals surface area (Å²) >= 11 is 0. The Hall–Kier alpha value is -1.88. The molecular formula is C13H18N4O. The number of aromatic nitrogens is 3. The Kier molecular flexibility index (Phi) is 3.62. The number of hydrogen-bond acceptors (Lipinski definition) is 4. The van der Waals surface area contributed by atoms with Gasteiger partial charge in [-0.15, -0.1) is 0 Å². The summed E-state index contributed by atoms with van der Waals surface area (Å²) in [4.78, 5) is 4.13. The zero-order valence-electron chi connectivity index (χ0n) is 10.9. The fourth-order valence-corrected chi connectivity index (χ4v) is 1.98. The van der Waals surface area contributed by atoms with E-state index < -0.39 is 0 Å². The van der Waals surface area contributed by atoms with Crippen LogP contribution in [0.1, 0.15) is 29.8 Å². The van der Waals surface area contributed by atoms with Crippen molar-refractivity contribution >= 4 is 0 Å². The minimum atomic E-state index is -0.226. The lowest BCUT2D eigenvalue weighted by Crippen LogP contribution is -2.13. The molecule has 0 radical (unpaired) electrons. The number of aryl methyl sites for hydroxylation is 2. The van der Waals surface area contributed by atoms with Crippen molar-refractivity contribution in [3.63, 3.8) is 0 Å². The van der Waals surface area contributed by atoms with Gasteiger partial charge in [0.1, 0.15) is 5.75 Å². The van der Waals surface area contributed by atoms with Crippen LogP contribution in [0.5, 0.6) is 5.75 Å². The second-order valence-electron chi connectivity index (χ2n) is 4.19. The number of nitrogens with two attached hydrogens (primary N) is 1. The van der Waals surface area contributed by atoms with E-state index in [0.717, 1.165) is 23.2 Å². The number of hydrogen-bond donors (Lipinski definition) is 1. The van der Waals surface area contributed by atoms with E-state index in [1.165, 1.54) is 0 Å². The van der Waals surface area contributed by atoms with Crippen LogP contribution in [0.25, 0.3) is 0 Å². The standard InChI is InChI=1S/C13H18N4O/c1-4-12-11(8-17(2)16-12)13(14)9-5-10(18-3)7-15-6-9/h5-8,13H,4,14H2,1-3H3. The molecule has 0 aliphatic rings. The molecule has 0 aliphatic carbocycles. The van der Waals surface area contributed by atoms with Crippen LogP contribution in [0.2, 0.25) is 0 Å². The molecule has 18 heavy (non-hydrogen) atoms. The summed E-state index contributed by atoms with van der Waals surface area (Å²) in [6.45, 7) is 2.07. The molecule has 5 heteroatoms. The molecule has 96 valence electrons. The molecule has 0 fully saturated rings. The summed E-state index contributed by atoms with van der Waals surface area (Å²) in [5.74, 6) is 0.713. The van der Waals surface area contributed by atoms with Crippen LogP contribution < -0.4 is 10.5 Å². The van der Waals surface area contributed by atoms with Gasteiger partial charge in [0.15, 0.2) is 0 Å². The molecule has 0 spiro atoms. The van der Waals surface area contributed by atoms with Gasteiger partial charge in [-0.1, -0.05) is 6.92 Å². The first-order valence-corrected chi connectivity index (χ1v) is 5.92. The minimum absolute atomic E-state index is 0.226. The van der Waals surface area contributed by atoms with E-state index in [0.29, 0.717) is 5.75 Å². The Bertz CT molecular complexity index is 536. The third-order valence-electron chi connectivity index (χ3n) is 2.94. The summed E-state index contributed by atoms with van der Waals surface area (Å²) in [7, 11) is 3.52. The molecule has 2 N–H and O–H groups in total. The highest BCUT2D eigenvalue weighted by Gasteiger charge is 2.16. The van der Waals surface area contributed by atoms with Crippen LogP contribution in [0.15, 0.2) is 24.7 Å². The first kappa shape index (κ1) is 12.6. The average molecular weight is 246 g/mol. The highest BCUT2D eigenvalue weighted by atomic mass is 16.5. The van der Waals surface area contributed by atoms with Crippen molar-refractivity contribution in [2.45, 2.75) is 19.4 Å². The first-order valence-electron chi connectivity index (χ1n) is 5.92. The van der Waals surface area contributed by atoms with E-state index in [1.807, 2.05) is 19.3 Å². The van der Waals surface area contributed by atoms with Gasteiger partial charge >= 0.3 is 0 Å². The lowest BCUT2D eigenvalue weighted by molar-refractivity contribution is 0.412. The summed E-state index contributed by atoms with van der Waals surface area (Å²) in [6.07, 6.45) is 6.25. The predicted octanol–water partition coefficient (Wildman–Crippen LogP) is 1.43. The van der Waals surface area contributed by atoms with Crippen molar-refractivity contribution < 1.29 is 4.74 Å². The number of methoxy groups -OCH3 is 1. The van der Waals surface area contributed by atoms with Gasteiger partial charge in [0.2, 0.25) is 0 Å². The molecule has 1 atom stereocenters. The van der Waals surface area contributed by atoms with Crippen molar-refractivity contribution in [2.75, 3.05) is 7.11 Å². The van der Waals surface area contributed by atoms with Crippen molar-refractivity contribution in [1.82, 2.24) is 14.8 Å². The van der Waals surface area contributed by atoms with E-state index >= 15 is 0 Å². The topological polar surface area (TPSA) is 66.0 Å². The van der Waals surface area contributed by atoms with Crippen LogP contribution in [0.3, 0.4) is 0 Å². The van der Waals surface area contributed by atoms with Gasteiger partial charge in [0.25, 0.3) is 0 Å². The molecule has 0 saturated heterocycles. The fraction of sp³-hybridized carbons (Fsp3) is 0.385. The molecular weight excluding hydrogens is 228 g/mol. The van der Waals surface area contributed by atoms with Gasteiger partial charge in [-0.25, -0.2) is 0 Å². The van der Waals surface area contributed by atoms with E-state index in [-0.39, 0.29) is 6.04 Å². The zero-order chi connectivity index (χ0) is 13.1. The molecule has 0 amide bonds. The lowest BCUT2D eigenvalue weighted by atomic mass is 10.0. The molecule has 2 aromatic rings. The van der Waals surface area contributed by atoms with Crippen LogP contribution in [-0.2, 0) is 13.5 Å². The molecule has 1 unspecified atom stereocenters. The van der Waals surface area contributed by atoms with E-state index in [2.05, 4.69) is 17.0 Å². The Labute approximate surface area is 107 Å². The second kappa shape index (κ2) is 5.18. The van der Waals surface area contributed by atoms with E-state index in [1.54, 1.807) is 24.2 Å². The minimum Gasteiger partial charge on any atom is -0.495 e. The molecule has 2 heterocycles. The largest absolute Gasteiger partial charge is 0.495 e. The van der Waals surface area contributed by atoms with Gasteiger partial charge in [-0.05, 0) is 18.1 Å². The van der Waals surface area contributed by atoms with Gasteiger partial charge in [-0.2, -0.15) is 5.10 Å². The Balaban J connectivity index is 2.37. The van der Waals surface area contributed by atoms with Gasteiger partial charge in [0.05, 0.1) is 25.0 Å². The molecule has 2 rings (SSSR count). The molecule has 0 aliphatic heterocycles. The van der Waals surface area contributed by atoms with E-state index in [9.17, 15) is 0 Å². The van der Waals surface area contributed by atoms with Gasteiger partial charge in [0, 0.05) is 25.0 Å². The summed E-state index contributed by atoms with van der Waals surface area (Å²) in [5, 5.41) is 4.40. The molecule has 5 nitrogen and oxygen atoms in total.